The Hall–Kier alpha value is -1.55. The van der Waals surface area contributed by atoms with E-state index < -0.39 is 11.3 Å². The van der Waals surface area contributed by atoms with Crippen molar-refractivity contribution in [2.45, 2.75) is 57.9 Å². The van der Waals surface area contributed by atoms with Crippen LogP contribution >= 0.6 is 0 Å². The van der Waals surface area contributed by atoms with E-state index in [0.29, 0.717) is 6.42 Å². The fraction of sp³-hybridized carbons (Fsp3) is 0.588. The zero-order valence-electron chi connectivity index (χ0n) is 13.4. The molecular formula is C17H23NO3. The number of carbonyl (C=O) groups is 1. The number of hydrogen-bond acceptors (Lipinski definition) is 3. The molecule has 2 aliphatic rings. The van der Waals surface area contributed by atoms with Crippen molar-refractivity contribution in [3.05, 3.63) is 29.3 Å². The second-order valence-electron chi connectivity index (χ2n) is 6.88. The van der Waals surface area contributed by atoms with Gasteiger partial charge in [-0.3, -0.25) is 4.79 Å². The topological polar surface area (TPSA) is 38.8 Å². The SMILES string of the molecule is COc1ccc2c(c1)CCC(=O)N1C2C(C)(C)OC1(C)C. The van der Waals surface area contributed by atoms with Crippen LogP contribution in [0.1, 0.15) is 51.3 Å². The molecule has 21 heavy (non-hydrogen) atoms. The average molecular weight is 289 g/mol. The zero-order valence-corrected chi connectivity index (χ0v) is 13.4. The van der Waals surface area contributed by atoms with Crippen molar-refractivity contribution in [2.75, 3.05) is 7.11 Å². The lowest BCUT2D eigenvalue weighted by Crippen LogP contribution is -2.44. The summed E-state index contributed by atoms with van der Waals surface area (Å²) in [5.74, 6) is 0.997. The van der Waals surface area contributed by atoms with E-state index in [0.717, 1.165) is 12.2 Å². The first-order valence-corrected chi connectivity index (χ1v) is 7.45. The summed E-state index contributed by atoms with van der Waals surface area (Å²) < 4.78 is 11.5. The number of carbonyl (C=O) groups excluding carboxylic acids is 1. The molecule has 3 rings (SSSR count). The maximum atomic E-state index is 12.6. The predicted octanol–water partition coefficient (Wildman–Crippen LogP) is 3.06. The number of nitrogens with zero attached hydrogens (tertiary/aromatic N) is 1. The molecule has 0 spiro atoms. The number of methoxy groups -OCH3 is 1. The normalized spacial score (nSPS) is 26.0. The van der Waals surface area contributed by atoms with Crippen LogP contribution in [0.3, 0.4) is 0 Å². The third kappa shape index (κ3) is 2.13. The van der Waals surface area contributed by atoms with Gasteiger partial charge in [0.25, 0.3) is 0 Å². The Morgan fingerprint density at radius 3 is 2.62 bits per heavy atom. The highest BCUT2D eigenvalue weighted by Gasteiger charge is 2.55. The van der Waals surface area contributed by atoms with Crippen LogP contribution in [0.15, 0.2) is 18.2 Å². The quantitative estimate of drug-likeness (QED) is 0.797. The fourth-order valence-electron chi connectivity index (χ4n) is 3.88. The van der Waals surface area contributed by atoms with Gasteiger partial charge in [-0.1, -0.05) is 6.07 Å². The lowest BCUT2D eigenvalue weighted by Gasteiger charge is -2.33. The van der Waals surface area contributed by atoms with E-state index in [4.69, 9.17) is 9.47 Å². The van der Waals surface area contributed by atoms with Crippen LogP contribution in [-0.4, -0.2) is 29.2 Å². The van der Waals surface area contributed by atoms with Crippen LogP contribution in [0.5, 0.6) is 5.75 Å². The number of aryl methyl sites for hydroxylation is 1. The minimum Gasteiger partial charge on any atom is -0.497 e. The minimum atomic E-state index is -0.577. The molecule has 4 heteroatoms. The summed E-state index contributed by atoms with van der Waals surface area (Å²) in [6.07, 6.45) is 1.27. The fourth-order valence-corrected chi connectivity index (χ4v) is 3.88. The maximum Gasteiger partial charge on any atom is 0.225 e. The van der Waals surface area contributed by atoms with E-state index in [1.165, 1.54) is 11.1 Å². The van der Waals surface area contributed by atoms with E-state index in [2.05, 4.69) is 19.9 Å². The Morgan fingerprint density at radius 1 is 1.24 bits per heavy atom. The van der Waals surface area contributed by atoms with Crippen LogP contribution in [-0.2, 0) is 16.0 Å². The van der Waals surface area contributed by atoms with Crippen molar-refractivity contribution in [1.29, 1.82) is 0 Å². The summed E-state index contributed by atoms with van der Waals surface area (Å²) in [6, 6.07) is 6.04. The zero-order chi connectivity index (χ0) is 15.4. The molecule has 1 aromatic rings. The Morgan fingerprint density at radius 2 is 1.95 bits per heavy atom. The Balaban J connectivity index is 2.17. The number of rotatable bonds is 1. The third-order valence-electron chi connectivity index (χ3n) is 4.53. The number of ether oxygens (including phenoxy) is 2. The molecule has 0 N–H and O–H groups in total. The number of fused-ring (bicyclic) bond motifs is 3. The van der Waals surface area contributed by atoms with Crippen molar-refractivity contribution in [2.24, 2.45) is 0 Å². The van der Waals surface area contributed by atoms with Gasteiger partial charge in [-0.25, -0.2) is 0 Å². The summed E-state index contributed by atoms with van der Waals surface area (Å²) >= 11 is 0. The van der Waals surface area contributed by atoms with Gasteiger partial charge in [0, 0.05) is 6.42 Å². The van der Waals surface area contributed by atoms with Crippen molar-refractivity contribution in [3.63, 3.8) is 0 Å². The van der Waals surface area contributed by atoms with Gasteiger partial charge in [-0.2, -0.15) is 0 Å². The highest BCUT2D eigenvalue weighted by molar-refractivity contribution is 5.79. The molecule has 114 valence electrons. The molecule has 0 aliphatic carbocycles. The van der Waals surface area contributed by atoms with Crippen molar-refractivity contribution < 1.29 is 14.3 Å². The van der Waals surface area contributed by atoms with E-state index >= 15 is 0 Å². The van der Waals surface area contributed by atoms with Gasteiger partial charge in [-0.15, -0.1) is 0 Å². The molecule has 1 saturated heterocycles. The standard InChI is InChI=1S/C17H23NO3/c1-16(2)15-13-8-7-12(20-5)10-11(13)6-9-14(19)18(15)17(3,4)21-16/h7-8,10,15H,6,9H2,1-5H3. The number of amides is 1. The first-order chi connectivity index (χ1) is 9.76. The molecule has 0 radical (unpaired) electrons. The Bertz CT molecular complexity index is 592. The lowest BCUT2D eigenvalue weighted by molar-refractivity contribution is -0.149. The van der Waals surface area contributed by atoms with Gasteiger partial charge in [0.1, 0.15) is 11.5 Å². The molecule has 2 heterocycles. The molecule has 0 aromatic heterocycles. The van der Waals surface area contributed by atoms with Crippen LogP contribution in [0.4, 0.5) is 0 Å². The summed E-state index contributed by atoms with van der Waals surface area (Å²) in [6.45, 7) is 8.07. The summed E-state index contributed by atoms with van der Waals surface area (Å²) in [7, 11) is 1.67. The van der Waals surface area contributed by atoms with Gasteiger partial charge in [0.2, 0.25) is 5.91 Å². The van der Waals surface area contributed by atoms with Gasteiger partial charge in [0.15, 0.2) is 0 Å². The Kier molecular flexibility index (Phi) is 3.06. The van der Waals surface area contributed by atoms with Crippen molar-refractivity contribution in [1.82, 2.24) is 4.90 Å². The van der Waals surface area contributed by atoms with Crippen LogP contribution < -0.4 is 4.74 Å². The molecule has 1 amide bonds. The largest absolute Gasteiger partial charge is 0.497 e. The molecule has 4 nitrogen and oxygen atoms in total. The molecule has 2 aliphatic heterocycles. The van der Waals surface area contributed by atoms with Crippen LogP contribution in [0.25, 0.3) is 0 Å². The Labute approximate surface area is 126 Å². The second kappa shape index (κ2) is 4.47. The molecular weight excluding hydrogens is 266 g/mol. The molecule has 1 fully saturated rings. The highest BCUT2D eigenvalue weighted by atomic mass is 16.6. The third-order valence-corrected chi connectivity index (χ3v) is 4.53. The first kappa shape index (κ1) is 14.4. The molecule has 0 bridgehead atoms. The first-order valence-electron chi connectivity index (χ1n) is 7.45. The van der Waals surface area contributed by atoms with Crippen LogP contribution in [0, 0.1) is 0 Å². The highest BCUT2D eigenvalue weighted by Crippen LogP contribution is 2.50. The predicted molar refractivity (Wildman–Crippen MR) is 80.1 cm³/mol. The molecule has 1 atom stereocenters. The smallest absolute Gasteiger partial charge is 0.225 e. The monoisotopic (exact) mass is 289 g/mol. The average Bonchev–Trinajstić information content (AvgIpc) is 2.51. The number of benzene rings is 1. The van der Waals surface area contributed by atoms with Gasteiger partial charge < -0.3 is 14.4 Å². The lowest BCUT2D eigenvalue weighted by atomic mass is 9.88. The van der Waals surface area contributed by atoms with Gasteiger partial charge >= 0.3 is 0 Å². The van der Waals surface area contributed by atoms with E-state index in [1.807, 2.05) is 30.9 Å². The summed E-state index contributed by atoms with van der Waals surface area (Å²) in [5, 5.41) is 0. The number of hydrogen-bond donors (Lipinski definition) is 0. The van der Waals surface area contributed by atoms with Crippen molar-refractivity contribution in [3.8, 4) is 5.75 Å². The van der Waals surface area contributed by atoms with Crippen LogP contribution in [0.2, 0.25) is 0 Å². The summed E-state index contributed by atoms with van der Waals surface area (Å²) in [4.78, 5) is 14.6. The molecule has 1 aromatic carbocycles. The van der Waals surface area contributed by atoms with Crippen molar-refractivity contribution >= 4 is 5.91 Å². The van der Waals surface area contributed by atoms with Gasteiger partial charge in [-0.05, 0) is 57.4 Å². The minimum absolute atomic E-state index is 0.0524. The second-order valence-corrected chi connectivity index (χ2v) is 6.88. The van der Waals surface area contributed by atoms with E-state index in [9.17, 15) is 4.79 Å². The molecule has 1 unspecified atom stereocenters. The maximum absolute atomic E-state index is 12.6. The van der Waals surface area contributed by atoms with E-state index in [1.54, 1.807) is 7.11 Å². The molecule has 0 saturated carbocycles. The van der Waals surface area contributed by atoms with E-state index in [-0.39, 0.29) is 11.9 Å². The summed E-state index contributed by atoms with van der Waals surface area (Å²) in [5.41, 5.74) is 1.38. The van der Waals surface area contributed by atoms with Gasteiger partial charge in [0.05, 0.1) is 18.8 Å².